The monoisotopic (exact) mass is 609 g/mol. The molecule has 1 aliphatic carbocycles. The van der Waals surface area contributed by atoms with Gasteiger partial charge >= 0.3 is 13.2 Å². The summed E-state index contributed by atoms with van der Waals surface area (Å²) < 4.78 is 59.9. The molecule has 3 aliphatic rings. The summed E-state index contributed by atoms with van der Waals surface area (Å²) in [5.41, 5.74) is 5.76. The Kier molecular flexibility index (Phi) is 7.94. The number of aliphatic imine (C=N–C) groups is 1. The predicted octanol–water partition coefficient (Wildman–Crippen LogP) is 8.78. The van der Waals surface area contributed by atoms with Gasteiger partial charge in [0.1, 0.15) is 11.5 Å². The van der Waals surface area contributed by atoms with Crippen molar-refractivity contribution in [2.24, 2.45) is 4.99 Å². The van der Waals surface area contributed by atoms with Crippen LogP contribution in [0.25, 0.3) is 11.8 Å². The zero-order valence-electron chi connectivity index (χ0n) is 22.3. The van der Waals surface area contributed by atoms with Crippen LogP contribution in [0.4, 0.5) is 23.2 Å². The van der Waals surface area contributed by atoms with E-state index in [4.69, 9.17) is 4.99 Å². The van der Waals surface area contributed by atoms with Gasteiger partial charge in [0.05, 0.1) is 22.4 Å². The molecule has 7 nitrogen and oxygen atoms in total. The highest BCUT2D eigenvalue weighted by atomic mass is 32.2. The number of hydrogen-bond acceptors (Lipinski definition) is 7. The molecule has 2 aliphatic heterocycles. The van der Waals surface area contributed by atoms with Crippen molar-refractivity contribution >= 4 is 34.4 Å². The van der Waals surface area contributed by atoms with Crippen LogP contribution in [0.3, 0.4) is 0 Å². The molecule has 43 heavy (non-hydrogen) atoms. The second-order valence-corrected chi connectivity index (χ2v) is 10.7. The van der Waals surface area contributed by atoms with Gasteiger partial charge in [-0.2, -0.15) is 17.6 Å². The van der Waals surface area contributed by atoms with Crippen LogP contribution in [0.1, 0.15) is 42.0 Å². The number of nitro groups is 1. The quantitative estimate of drug-likeness (QED) is 0.144. The van der Waals surface area contributed by atoms with Gasteiger partial charge in [0, 0.05) is 23.1 Å². The maximum Gasteiger partial charge on any atom is 0.387 e. The van der Waals surface area contributed by atoms with Crippen molar-refractivity contribution in [2.75, 3.05) is 0 Å². The maximum atomic E-state index is 12.8. The van der Waals surface area contributed by atoms with Crippen molar-refractivity contribution in [1.29, 1.82) is 0 Å². The molecule has 0 N–H and O–H groups in total. The molecule has 2 heterocycles. The molecule has 0 amide bonds. The number of hydrogen-bond donors (Lipinski definition) is 0. The van der Waals surface area contributed by atoms with Crippen molar-refractivity contribution in [1.82, 2.24) is 4.90 Å². The highest BCUT2D eigenvalue weighted by Gasteiger charge is 2.40. The van der Waals surface area contributed by atoms with E-state index in [1.807, 2.05) is 16.4 Å². The zero-order chi connectivity index (χ0) is 30.1. The van der Waals surface area contributed by atoms with Gasteiger partial charge < -0.3 is 14.4 Å². The van der Waals surface area contributed by atoms with Gasteiger partial charge in [-0.1, -0.05) is 48.2 Å². The van der Waals surface area contributed by atoms with Crippen molar-refractivity contribution in [3.63, 3.8) is 0 Å². The highest BCUT2D eigenvalue weighted by Crippen LogP contribution is 2.51. The number of rotatable bonds is 8. The lowest BCUT2D eigenvalue weighted by atomic mass is 9.82. The molecular weight excluding hydrogens is 586 g/mol. The van der Waals surface area contributed by atoms with E-state index in [1.54, 1.807) is 36.4 Å². The van der Waals surface area contributed by atoms with Crippen LogP contribution >= 0.6 is 11.8 Å². The topological polar surface area (TPSA) is 77.2 Å². The Morgan fingerprint density at radius 2 is 1.63 bits per heavy atom. The van der Waals surface area contributed by atoms with E-state index in [-0.39, 0.29) is 23.2 Å². The first-order chi connectivity index (χ1) is 20.8. The molecule has 0 saturated heterocycles. The Hall–Kier alpha value is -4.58. The normalized spacial score (nSPS) is 18.9. The van der Waals surface area contributed by atoms with Gasteiger partial charge in [-0.15, -0.1) is 0 Å². The SMILES string of the molecule is O=[N+]([O-])c1cccc(C2=CSC3=NC4=C(CCC/C4=C\c4ccc(OC(F)F)cc4)C(c4ccc(OC(F)F)cc4)N23)c1. The number of halogens is 4. The molecule has 1 unspecified atom stereocenters. The molecule has 0 aromatic heterocycles. The lowest BCUT2D eigenvalue weighted by Gasteiger charge is -2.40. The summed E-state index contributed by atoms with van der Waals surface area (Å²) in [5, 5.41) is 14.1. The largest absolute Gasteiger partial charge is 0.435 e. The van der Waals surface area contributed by atoms with Gasteiger partial charge in [0.2, 0.25) is 0 Å². The van der Waals surface area contributed by atoms with Crippen molar-refractivity contribution in [2.45, 2.75) is 38.5 Å². The van der Waals surface area contributed by atoms with Gasteiger partial charge in [0.15, 0.2) is 5.17 Å². The minimum Gasteiger partial charge on any atom is -0.435 e. The van der Waals surface area contributed by atoms with Crippen LogP contribution < -0.4 is 9.47 Å². The average Bonchev–Trinajstić information content (AvgIpc) is 3.41. The van der Waals surface area contributed by atoms with Crippen LogP contribution in [0.2, 0.25) is 0 Å². The standard InChI is InChI=1S/C31H23F4N3O4S/c32-29(33)41-23-11-7-18(8-12-23)15-21-4-2-6-25-27(21)36-31-37(28(25)19-9-13-24(14-10-19)42-30(34)35)26(17-43-31)20-3-1-5-22(16-20)38(39)40/h1,3,5,7-17,28-30H,2,4,6H2/b21-15+. The number of thioether (sulfide) groups is 1. The first kappa shape index (κ1) is 28.5. The van der Waals surface area contributed by atoms with Crippen molar-refractivity contribution in [3.8, 4) is 11.5 Å². The van der Waals surface area contributed by atoms with E-state index >= 15 is 0 Å². The first-order valence-corrected chi connectivity index (χ1v) is 14.2. The smallest absolute Gasteiger partial charge is 0.387 e. The Bertz CT molecular complexity index is 1670. The second-order valence-electron chi connectivity index (χ2n) is 9.89. The third-order valence-corrected chi connectivity index (χ3v) is 8.10. The summed E-state index contributed by atoms with van der Waals surface area (Å²) >= 11 is 1.40. The molecule has 0 radical (unpaired) electrons. The van der Waals surface area contributed by atoms with E-state index in [1.165, 1.54) is 48.2 Å². The minimum atomic E-state index is -2.95. The molecule has 0 spiro atoms. The van der Waals surface area contributed by atoms with E-state index < -0.39 is 18.1 Å². The number of ether oxygens (including phenoxy) is 2. The molecule has 1 atom stereocenters. The fraction of sp³-hybridized carbons (Fsp3) is 0.194. The maximum absolute atomic E-state index is 12.8. The molecule has 0 fully saturated rings. The van der Waals surface area contributed by atoms with Crippen LogP contribution in [-0.4, -0.2) is 28.2 Å². The summed E-state index contributed by atoms with van der Waals surface area (Å²) in [6.07, 6.45) is 4.26. The minimum absolute atomic E-state index is 0.0337. The van der Waals surface area contributed by atoms with E-state index in [0.717, 1.165) is 46.5 Å². The molecule has 220 valence electrons. The van der Waals surface area contributed by atoms with E-state index in [9.17, 15) is 27.7 Å². The fourth-order valence-electron chi connectivity index (χ4n) is 5.48. The summed E-state index contributed by atoms with van der Waals surface area (Å²) in [6, 6.07) is 18.9. The van der Waals surface area contributed by atoms with Crippen LogP contribution in [0.15, 0.2) is 100 Å². The van der Waals surface area contributed by atoms with Gasteiger partial charge in [0.25, 0.3) is 5.69 Å². The predicted molar refractivity (Wildman–Crippen MR) is 156 cm³/mol. The summed E-state index contributed by atoms with van der Waals surface area (Å²) in [7, 11) is 0. The Balaban J connectivity index is 1.42. The lowest BCUT2D eigenvalue weighted by molar-refractivity contribution is -0.384. The van der Waals surface area contributed by atoms with Gasteiger partial charge in [-0.25, -0.2) is 4.99 Å². The molecular formula is C31H23F4N3O4S. The van der Waals surface area contributed by atoms with E-state index in [2.05, 4.69) is 9.47 Å². The summed E-state index contributed by atoms with van der Waals surface area (Å²) in [5.74, 6) is 0.0992. The number of allylic oxidation sites excluding steroid dienone is 1. The summed E-state index contributed by atoms with van der Waals surface area (Å²) in [4.78, 5) is 18.1. The zero-order valence-corrected chi connectivity index (χ0v) is 23.1. The van der Waals surface area contributed by atoms with Crippen LogP contribution in [0, 0.1) is 10.1 Å². The Labute approximate surface area is 248 Å². The number of nitro benzene ring substituents is 1. The third kappa shape index (κ3) is 6.00. The average molecular weight is 610 g/mol. The fourth-order valence-corrected chi connectivity index (χ4v) is 6.41. The van der Waals surface area contributed by atoms with Crippen molar-refractivity contribution in [3.05, 3.63) is 122 Å². The number of fused-ring (bicyclic) bond motifs is 1. The number of nitrogens with zero attached hydrogens (tertiary/aromatic N) is 3. The molecule has 3 aromatic carbocycles. The third-order valence-electron chi connectivity index (χ3n) is 7.26. The molecule has 3 aromatic rings. The van der Waals surface area contributed by atoms with Gasteiger partial charge in [-0.05, 0) is 71.9 Å². The molecule has 12 heteroatoms. The molecule has 0 saturated carbocycles. The molecule has 0 bridgehead atoms. The first-order valence-electron chi connectivity index (χ1n) is 13.3. The van der Waals surface area contributed by atoms with Crippen LogP contribution in [-0.2, 0) is 0 Å². The number of alkyl halides is 4. The number of benzene rings is 3. The van der Waals surface area contributed by atoms with Crippen molar-refractivity contribution < 1.29 is 32.0 Å². The molecule has 6 rings (SSSR count). The summed E-state index contributed by atoms with van der Waals surface area (Å²) in [6.45, 7) is -5.86. The lowest BCUT2D eigenvalue weighted by Crippen LogP contribution is -2.34. The highest BCUT2D eigenvalue weighted by molar-refractivity contribution is 8.16. The second kappa shape index (κ2) is 12.0. The van der Waals surface area contributed by atoms with Crippen LogP contribution in [0.5, 0.6) is 11.5 Å². The number of amidine groups is 1. The Morgan fingerprint density at radius 1 is 0.953 bits per heavy atom. The number of non-ortho nitro benzene ring substituents is 1. The van der Waals surface area contributed by atoms with Gasteiger partial charge in [-0.3, -0.25) is 10.1 Å². The Morgan fingerprint density at radius 3 is 2.28 bits per heavy atom. The van der Waals surface area contributed by atoms with E-state index in [0.29, 0.717) is 17.2 Å².